The van der Waals surface area contributed by atoms with Gasteiger partial charge in [-0.2, -0.15) is 0 Å². The van der Waals surface area contributed by atoms with Gasteiger partial charge in [0.15, 0.2) is 5.17 Å². The van der Waals surface area contributed by atoms with Crippen LogP contribution in [0.2, 0.25) is 5.02 Å². The Morgan fingerprint density at radius 1 is 1.33 bits per heavy atom. The molecule has 0 atom stereocenters. The summed E-state index contributed by atoms with van der Waals surface area (Å²) in [6.07, 6.45) is 0.685. The SMILES string of the molecule is OCCC1=C(c2cc3ccc(Cl)cc3s2)N2CCN=C2S1. The van der Waals surface area contributed by atoms with Crippen LogP contribution in [0.5, 0.6) is 0 Å². The number of thioether (sulfide) groups is 1. The molecule has 0 unspecified atom stereocenters. The number of thiophene rings is 1. The molecule has 0 saturated heterocycles. The second kappa shape index (κ2) is 5.32. The summed E-state index contributed by atoms with van der Waals surface area (Å²) in [7, 11) is 0. The van der Waals surface area contributed by atoms with Crippen LogP contribution in [-0.2, 0) is 0 Å². The summed E-state index contributed by atoms with van der Waals surface area (Å²) < 4.78 is 1.20. The predicted molar refractivity (Wildman–Crippen MR) is 92.1 cm³/mol. The van der Waals surface area contributed by atoms with Crippen LogP contribution in [0.3, 0.4) is 0 Å². The third kappa shape index (κ3) is 2.28. The van der Waals surface area contributed by atoms with Crippen molar-refractivity contribution in [1.82, 2.24) is 4.90 Å². The molecule has 1 aromatic carbocycles. The van der Waals surface area contributed by atoms with Crippen molar-refractivity contribution in [2.24, 2.45) is 4.99 Å². The molecule has 0 spiro atoms. The first kappa shape index (κ1) is 13.6. The van der Waals surface area contributed by atoms with Crippen molar-refractivity contribution in [2.45, 2.75) is 6.42 Å². The van der Waals surface area contributed by atoms with E-state index in [2.05, 4.69) is 22.0 Å². The average molecular weight is 337 g/mol. The standard InChI is InChI=1S/C15H13ClN2OS2/c16-10-2-1-9-7-13(20-12(9)8-10)14-11(3-6-19)21-15-17-4-5-18(14)15/h1-2,7-8,19H,3-6H2. The molecule has 0 aliphatic carbocycles. The fraction of sp³-hybridized carbons (Fsp3) is 0.267. The normalized spacial score (nSPS) is 17.8. The van der Waals surface area contributed by atoms with Gasteiger partial charge in [-0.15, -0.1) is 11.3 Å². The Morgan fingerprint density at radius 2 is 2.24 bits per heavy atom. The largest absolute Gasteiger partial charge is 0.396 e. The van der Waals surface area contributed by atoms with Crippen molar-refractivity contribution >= 4 is 55.7 Å². The number of aliphatic hydroxyl groups excluding tert-OH is 1. The molecule has 21 heavy (non-hydrogen) atoms. The van der Waals surface area contributed by atoms with Crippen molar-refractivity contribution < 1.29 is 5.11 Å². The maximum atomic E-state index is 9.31. The lowest BCUT2D eigenvalue weighted by Crippen LogP contribution is -2.19. The highest BCUT2D eigenvalue weighted by Crippen LogP contribution is 2.46. The summed E-state index contributed by atoms with van der Waals surface area (Å²) in [4.78, 5) is 9.27. The summed E-state index contributed by atoms with van der Waals surface area (Å²) >= 11 is 9.53. The summed E-state index contributed by atoms with van der Waals surface area (Å²) in [6.45, 7) is 1.96. The predicted octanol–water partition coefficient (Wildman–Crippen LogP) is 4.02. The van der Waals surface area contributed by atoms with E-state index in [1.54, 1.807) is 23.1 Å². The minimum Gasteiger partial charge on any atom is -0.396 e. The zero-order chi connectivity index (χ0) is 14.4. The van der Waals surface area contributed by atoms with Gasteiger partial charge in [-0.05, 0) is 23.6 Å². The Balaban J connectivity index is 1.84. The van der Waals surface area contributed by atoms with E-state index in [9.17, 15) is 5.11 Å². The smallest absolute Gasteiger partial charge is 0.168 e. The van der Waals surface area contributed by atoms with Crippen molar-refractivity contribution in [3.8, 4) is 0 Å². The third-order valence-electron chi connectivity index (χ3n) is 3.60. The van der Waals surface area contributed by atoms with E-state index >= 15 is 0 Å². The Hall–Kier alpha value is -1.01. The van der Waals surface area contributed by atoms with Crippen LogP contribution >= 0.6 is 34.7 Å². The molecule has 0 saturated carbocycles. The Labute approximate surface area is 135 Å². The number of rotatable bonds is 3. The molecule has 108 valence electrons. The zero-order valence-electron chi connectivity index (χ0n) is 11.2. The van der Waals surface area contributed by atoms with Crippen LogP contribution < -0.4 is 0 Å². The van der Waals surface area contributed by atoms with Crippen LogP contribution in [0.1, 0.15) is 11.3 Å². The molecule has 6 heteroatoms. The highest BCUT2D eigenvalue weighted by Gasteiger charge is 2.33. The van der Waals surface area contributed by atoms with Crippen LogP contribution in [0.25, 0.3) is 15.8 Å². The molecule has 0 fully saturated rings. The zero-order valence-corrected chi connectivity index (χ0v) is 13.6. The number of amidine groups is 1. The molecule has 2 aromatic rings. The number of halogens is 1. The molecule has 0 amide bonds. The van der Waals surface area contributed by atoms with Gasteiger partial charge in [0.05, 0.1) is 17.1 Å². The molecule has 3 heterocycles. The van der Waals surface area contributed by atoms with Crippen molar-refractivity contribution in [1.29, 1.82) is 0 Å². The van der Waals surface area contributed by atoms with Gasteiger partial charge in [0.2, 0.25) is 0 Å². The van der Waals surface area contributed by atoms with Crippen LogP contribution in [0.4, 0.5) is 0 Å². The van der Waals surface area contributed by atoms with Gasteiger partial charge in [-0.1, -0.05) is 29.4 Å². The fourth-order valence-corrected chi connectivity index (χ4v) is 5.36. The lowest BCUT2D eigenvalue weighted by molar-refractivity contribution is 0.301. The molecule has 0 bridgehead atoms. The van der Waals surface area contributed by atoms with E-state index in [1.807, 2.05) is 12.1 Å². The number of hydrogen-bond acceptors (Lipinski definition) is 5. The second-order valence-electron chi connectivity index (χ2n) is 4.96. The molecule has 0 radical (unpaired) electrons. The maximum absolute atomic E-state index is 9.31. The van der Waals surface area contributed by atoms with E-state index in [1.165, 1.54) is 25.6 Å². The van der Waals surface area contributed by atoms with E-state index in [-0.39, 0.29) is 6.61 Å². The quantitative estimate of drug-likeness (QED) is 0.919. The van der Waals surface area contributed by atoms with Crippen LogP contribution in [0.15, 0.2) is 34.2 Å². The Morgan fingerprint density at radius 3 is 3.10 bits per heavy atom. The molecular weight excluding hydrogens is 324 g/mol. The number of hydrogen-bond donors (Lipinski definition) is 1. The van der Waals surface area contributed by atoms with E-state index in [0.717, 1.165) is 23.3 Å². The Kier molecular flexibility index (Phi) is 3.46. The first-order chi connectivity index (χ1) is 10.3. The topological polar surface area (TPSA) is 35.8 Å². The van der Waals surface area contributed by atoms with Crippen LogP contribution in [-0.4, -0.2) is 34.9 Å². The van der Waals surface area contributed by atoms with Gasteiger partial charge >= 0.3 is 0 Å². The highest BCUT2D eigenvalue weighted by atomic mass is 35.5. The molecule has 2 aliphatic rings. The first-order valence-corrected chi connectivity index (χ1v) is 8.80. The maximum Gasteiger partial charge on any atom is 0.168 e. The van der Waals surface area contributed by atoms with Gasteiger partial charge in [0, 0.05) is 34.2 Å². The number of benzene rings is 1. The molecule has 1 aromatic heterocycles. The molecule has 4 rings (SSSR count). The lowest BCUT2D eigenvalue weighted by Gasteiger charge is -2.15. The minimum absolute atomic E-state index is 0.170. The van der Waals surface area contributed by atoms with Crippen molar-refractivity contribution in [2.75, 3.05) is 19.7 Å². The summed E-state index contributed by atoms with van der Waals surface area (Å²) in [6, 6.07) is 8.21. The molecule has 3 nitrogen and oxygen atoms in total. The molecule has 2 aliphatic heterocycles. The van der Waals surface area contributed by atoms with Gasteiger partial charge in [-0.25, -0.2) is 0 Å². The second-order valence-corrected chi connectivity index (χ2v) is 7.54. The van der Waals surface area contributed by atoms with E-state index < -0.39 is 0 Å². The number of fused-ring (bicyclic) bond motifs is 2. The van der Waals surface area contributed by atoms with Gasteiger partial charge < -0.3 is 10.0 Å². The first-order valence-electron chi connectivity index (χ1n) is 6.79. The van der Waals surface area contributed by atoms with Crippen LogP contribution in [0, 0.1) is 0 Å². The van der Waals surface area contributed by atoms with E-state index in [4.69, 9.17) is 11.6 Å². The van der Waals surface area contributed by atoms with Gasteiger partial charge in [-0.3, -0.25) is 4.99 Å². The molecule has 1 N–H and O–H groups in total. The highest BCUT2D eigenvalue weighted by molar-refractivity contribution is 8.17. The summed E-state index contributed by atoms with van der Waals surface area (Å²) in [5, 5.41) is 12.4. The summed E-state index contributed by atoms with van der Waals surface area (Å²) in [5.74, 6) is 0. The number of aliphatic hydroxyl groups is 1. The van der Waals surface area contributed by atoms with Gasteiger partial charge in [0.25, 0.3) is 0 Å². The Bertz CT molecular complexity index is 781. The van der Waals surface area contributed by atoms with E-state index in [0.29, 0.717) is 6.42 Å². The summed E-state index contributed by atoms with van der Waals surface area (Å²) in [5.41, 5.74) is 1.22. The average Bonchev–Trinajstić information content (AvgIpc) is 3.11. The van der Waals surface area contributed by atoms with Gasteiger partial charge in [0.1, 0.15) is 0 Å². The van der Waals surface area contributed by atoms with Crippen molar-refractivity contribution in [3.63, 3.8) is 0 Å². The fourth-order valence-electron chi connectivity index (χ4n) is 2.69. The monoisotopic (exact) mass is 336 g/mol. The lowest BCUT2D eigenvalue weighted by atomic mass is 10.2. The third-order valence-corrected chi connectivity index (χ3v) is 6.12. The molecular formula is C15H13ClN2OS2. The van der Waals surface area contributed by atoms with Crippen molar-refractivity contribution in [3.05, 3.63) is 39.1 Å². The number of aliphatic imine (C=N–C) groups is 1. The minimum atomic E-state index is 0.170. The number of nitrogens with zero attached hydrogens (tertiary/aromatic N) is 2.